The molecule has 2 aliphatic rings. The lowest BCUT2D eigenvalue weighted by atomic mass is 9.84. The smallest absolute Gasteiger partial charge is 0.230 e. The minimum absolute atomic E-state index is 0. The summed E-state index contributed by atoms with van der Waals surface area (Å²) in [5.41, 5.74) is -0.396. The number of nitrogens with zero attached hydrogens (tertiary/aromatic N) is 2. The Labute approximate surface area is 190 Å². The van der Waals surface area contributed by atoms with Crippen LogP contribution in [0.2, 0.25) is 0 Å². The van der Waals surface area contributed by atoms with Gasteiger partial charge in [0, 0.05) is 46.7 Å². The van der Waals surface area contributed by atoms with Crippen LogP contribution in [0.3, 0.4) is 0 Å². The number of hydrogen-bond donors (Lipinski definition) is 3. The van der Waals surface area contributed by atoms with E-state index in [9.17, 15) is 18.0 Å². The zero-order valence-corrected chi connectivity index (χ0v) is 20.6. The summed E-state index contributed by atoms with van der Waals surface area (Å²) in [6, 6.07) is -0.283. The molecule has 0 bridgehead atoms. The molecule has 2 fully saturated rings. The number of sulfone groups is 1. The van der Waals surface area contributed by atoms with Crippen molar-refractivity contribution in [1.82, 2.24) is 20.9 Å². The lowest BCUT2D eigenvalue weighted by Gasteiger charge is -2.31. The van der Waals surface area contributed by atoms with Crippen LogP contribution in [0.1, 0.15) is 38.5 Å². The van der Waals surface area contributed by atoms with E-state index in [1.807, 2.05) is 0 Å². The maximum Gasteiger partial charge on any atom is 0.230 e. The summed E-state index contributed by atoms with van der Waals surface area (Å²) < 4.78 is 22.9. The van der Waals surface area contributed by atoms with Crippen LogP contribution in [0.15, 0.2) is 4.99 Å². The molecule has 0 aromatic carbocycles. The second-order valence-electron chi connectivity index (χ2n) is 7.96. The Morgan fingerprint density at radius 3 is 2.34 bits per heavy atom. The highest BCUT2D eigenvalue weighted by molar-refractivity contribution is 14.0. The molecule has 3 N–H and O–H groups in total. The van der Waals surface area contributed by atoms with Gasteiger partial charge in [0.15, 0.2) is 15.8 Å². The molecule has 1 aliphatic heterocycles. The first-order valence-electron chi connectivity index (χ1n) is 9.83. The van der Waals surface area contributed by atoms with Gasteiger partial charge >= 0.3 is 0 Å². The van der Waals surface area contributed by atoms with E-state index in [1.165, 1.54) is 0 Å². The zero-order valence-electron chi connectivity index (χ0n) is 17.5. The first-order valence-corrected chi connectivity index (χ1v) is 11.7. The number of rotatable bonds is 7. The van der Waals surface area contributed by atoms with Crippen molar-refractivity contribution in [2.24, 2.45) is 10.4 Å². The highest BCUT2D eigenvalue weighted by Crippen LogP contribution is 2.38. The maximum absolute atomic E-state index is 12.6. The Balaban J connectivity index is 0.00000420. The fourth-order valence-corrected chi connectivity index (χ4v) is 5.64. The van der Waals surface area contributed by atoms with Crippen molar-refractivity contribution in [3.63, 3.8) is 0 Å². The average Bonchev–Trinajstić information content (AvgIpc) is 3.24. The maximum atomic E-state index is 12.6. The SMILES string of the molecule is CN=C(NCCC(=O)NC1CCS(=O)(=O)C1)NCC1(C(=O)N(C)C)CCCC1.I. The van der Waals surface area contributed by atoms with Crippen molar-refractivity contribution in [3.8, 4) is 0 Å². The number of nitrogens with one attached hydrogen (secondary N) is 3. The lowest BCUT2D eigenvalue weighted by Crippen LogP contribution is -2.49. The van der Waals surface area contributed by atoms with Crippen LogP contribution < -0.4 is 16.0 Å². The predicted molar refractivity (Wildman–Crippen MR) is 124 cm³/mol. The molecule has 1 aliphatic carbocycles. The molecule has 1 heterocycles. The zero-order chi connectivity index (χ0) is 20.8. The molecule has 29 heavy (non-hydrogen) atoms. The molecule has 11 heteroatoms. The summed E-state index contributed by atoms with van der Waals surface area (Å²) in [5.74, 6) is 0.672. The van der Waals surface area contributed by atoms with E-state index in [1.54, 1.807) is 26.0 Å². The van der Waals surface area contributed by atoms with Gasteiger partial charge < -0.3 is 20.9 Å². The first-order chi connectivity index (χ1) is 13.2. The van der Waals surface area contributed by atoms with Gasteiger partial charge in [-0.05, 0) is 19.3 Å². The van der Waals surface area contributed by atoms with E-state index < -0.39 is 15.3 Å². The van der Waals surface area contributed by atoms with Gasteiger partial charge in [0.25, 0.3) is 0 Å². The topological polar surface area (TPSA) is 120 Å². The number of hydrogen-bond acceptors (Lipinski definition) is 5. The number of aliphatic imine (C=N–C) groups is 1. The summed E-state index contributed by atoms with van der Waals surface area (Å²) in [4.78, 5) is 30.4. The van der Waals surface area contributed by atoms with E-state index in [4.69, 9.17) is 0 Å². The molecule has 0 aromatic heterocycles. The molecule has 9 nitrogen and oxygen atoms in total. The van der Waals surface area contributed by atoms with Crippen molar-refractivity contribution < 1.29 is 18.0 Å². The molecule has 1 atom stereocenters. The third-order valence-corrected chi connectivity index (χ3v) is 7.25. The minimum Gasteiger partial charge on any atom is -0.356 e. The molecule has 0 radical (unpaired) electrons. The largest absolute Gasteiger partial charge is 0.356 e. The summed E-state index contributed by atoms with van der Waals surface area (Å²) in [6.07, 6.45) is 4.52. The highest BCUT2D eigenvalue weighted by Gasteiger charge is 2.42. The quantitative estimate of drug-likeness (QED) is 0.238. The Hall–Kier alpha value is -1.11. The van der Waals surface area contributed by atoms with Gasteiger partial charge in [-0.15, -0.1) is 24.0 Å². The van der Waals surface area contributed by atoms with Gasteiger partial charge in [0.2, 0.25) is 11.8 Å². The Bertz CT molecular complexity index is 705. The molecular formula is C18H34IN5O4S. The van der Waals surface area contributed by atoms with Crippen molar-refractivity contribution in [3.05, 3.63) is 0 Å². The van der Waals surface area contributed by atoms with Gasteiger partial charge in [0.1, 0.15) is 0 Å². The molecule has 1 saturated heterocycles. The van der Waals surface area contributed by atoms with Crippen molar-refractivity contribution >= 4 is 51.6 Å². The van der Waals surface area contributed by atoms with Crippen LogP contribution in [-0.4, -0.2) is 82.9 Å². The monoisotopic (exact) mass is 543 g/mol. The van der Waals surface area contributed by atoms with Crippen LogP contribution in [0.4, 0.5) is 0 Å². The van der Waals surface area contributed by atoms with E-state index in [2.05, 4.69) is 20.9 Å². The normalized spacial score (nSPS) is 22.4. The number of carbonyl (C=O) groups is 2. The summed E-state index contributed by atoms with van der Waals surface area (Å²) in [6.45, 7) is 0.884. The van der Waals surface area contributed by atoms with Crippen molar-refractivity contribution in [1.29, 1.82) is 0 Å². The molecular weight excluding hydrogens is 509 g/mol. The second kappa shape index (κ2) is 11.3. The van der Waals surface area contributed by atoms with Crippen LogP contribution in [0, 0.1) is 5.41 Å². The molecule has 0 aromatic rings. The van der Waals surface area contributed by atoms with E-state index in [-0.39, 0.29) is 59.8 Å². The standard InChI is InChI=1S/C18H33N5O4S.HI/c1-19-17(21-13-18(8-4-5-9-18)16(25)23(2)3)20-10-6-15(24)22-14-7-11-28(26,27)12-14;/h14H,4-13H2,1-3H3,(H,22,24)(H2,19,20,21);1H. The average molecular weight is 543 g/mol. The second-order valence-corrected chi connectivity index (χ2v) is 10.2. The Morgan fingerprint density at radius 2 is 1.83 bits per heavy atom. The molecule has 0 spiro atoms. The Kier molecular flexibility index (Phi) is 10.1. The number of guanidine groups is 1. The van der Waals surface area contributed by atoms with Crippen LogP contribution >= 0.6 is 24.0 Å². The van der Waals surface area contributed by atoms with Gasteiger partial charge in [-0.2, -0.15) is 0 Å². The summed E-state index contributed by atoms with van der Waals surface area (Å²) >= 11 is 0. The molecule has 1 saturated carbocycles. The minimum atomic E-state index is -3.00. The van der Waals surface area contributed by atoms with Gasteiger partial charge in [-0.3, -0.25) is 14.6 Å². The van der Waals surface area contributed by atoms with E-state index in [0.29, 0.717) is 25.5 Å². The first kappa shape index (κ1) is 25.9. The fraction of sp³-hybridized carbons (Fsp3) is 0.833. The van der Waals surface area contributed by atoms with Crippen LogP contribution in [0.25, 0.3) is 0 Å². The van der Waals surface area contributed by atoms with Gasteiger partial charge in [-0.1, -0.05) is 12.8 Å². The lowest BCUT2D eigenvalue weighted by molar-refractivity contribution is -0.138. The number of carbonyl (C=O) groups excluding carboxylic acids is 2. The predicted octanol–water partition coefficient (Wildman–Crippen LogP) is 0.111. The Morgan fingerprint density at radius 1 is 1.17 bits per heavy atom. The molecule has 1 unspecified atom stereocenters. The molecule has 2 amide bonds. The van der Waals surface area contributed by atoms with Crippen LogP contribution in [-0.2, 0) is 19.4 Å². The van der Waals surface area contributed by atoms with E-state index >= 15 is 0 Å². The highest BCUT2D eigenvalue weighted by atomic mass is 127. The van der Waals surface area contributed by atoms with Gasteiger partial charge in [-0.25, -0.2) is 8.42 Å². The molecule has 168 valence electrons. The third-order valence-electron chi connectivity index (χ3n) is 5.48. The summed E-state index contributed by atoms with van der Waals surface area (Å²) in [7, 11) is 2.21. The molecule has 2 rings (SSSR count). The summed E-state index contributed by atoms with van der Waals surface area (Å²) in [5, 5.41) is 9.08. The van der Waals surface area contributed by atoms with E-state index in [0.717, 1.165) is 25.7 Å². The number of halogens is 1. The van der Waals surface area contributed by atoms with Crippen molar-refractivity contribution in [2.45, 2.75) is 44.6 Å². The fourth-order valence-electron chi connectivity index (χ4n) is 3.97. The van der Waals surface area contributed by atoms with Crippen molar-refractivity contribution in [2.75, 3.05) is 45.7 Å². The van der Waals surface area contributed by atoms with Crippen LogP contribution in [0.5, 0.6) is 0 Å². The number of amides is 2. The van der Waals surface area contributed by atoms with Gasteiger partial charge in [0.05, 0.1) is 16.9 Å². The third kappa shape index (κ3) is 7.58.